The minimum Gasteiger partial charge on any atom is -1.00 e. The molecule has 0 saturated carbocycles. The zero-order chi connectivity index (χ0) is 13.5. The molecule has 2 rings (SSSR count). The number of halogens is 2. The Bertz CT molecular complexity index is 659. The Morgan fingerprint density at radius 2 is 1.84 bits per heavy atom. The van der Waals surface area contributed by atoms with E-state index in [9.17, 15) is 9.18 Å². The number of hydrogen-bond acceptors (Lipinski definition) is 1. The molecule has 1 aromatic heterocycles. The number of aromatic amines is 1. The quantitative estimate of drug-likeness (QED) is 0.540. The molecule has 0 aliphatic carbocycles. The normalized spacial score (nSPS) is 11.4. The number of aromatic nitrogens is 1. The second kappa shape index (κ2) is 5.58. The maximum Gasteiger partial charge on any atom is 0.256 e. The predicted octanol–water partition coefficient (Wildman–Crippen LogP) is -0.814. The van der Waals surface area contributed by atoms with E-state index < -0.39 is 0 Å². The van der Waals surface area contributed by atoms with Crippen LogP contribution in [-0.2, 0) is 6.54 Å². The van der Waals surface area contributed by atoms with Gasteiger partial charge in [-0.05, 0) is 24.4 Å². The van der Waals surface area contributed by atoms with E-state index in [-0.39, 0.29) is 35.4 Å². The third kappa shape index (κ3) is 3.54. The van der Waals surface area contributed by atoms with E-state index in [0.717, 1.165) is 27.7 Å². The van der Waals surface area contributed by atoms with Crippen LogP contribution in [0.4, 0.5) is 4.39 Å². The molecule has 2 aromatic rings. The van der Waals surface area contributed by atoms with Gasteiger partial charge in [-0.15, -0.1) is 0 Å². The molecule has 0 bridgehead atoms. The van der Waals surface area contributed by atoms with Crippen molar-refractivity contribution in [1.29, 1.82) is 0 Å². The highest BCUT2D eigenvalue weighted by atomic mass is 127. The molecule has 0 saturated heterocycles. The first-order valence-corrected chi connectivity index (χ1v) is 5.89. The van der Waals surface area contributed by atoms with Gasteiger partial charge in [-0.1, -0.05) is 6.07 Å². The lowest BCUT2D eigenvalue weighted by molar-refractivity contribution is -0.883. The highest BCUT2D eigenvalue weighted by molar-refractivity contribution is 5.85. The number of benzene rings is 1. The van der Waals surface area contributed by atoms with E-state index >= 15 is 0 Å². The van der Waals surface area contributed by atoms with Crippen molar-refractivity contribution >= 4 is 10.8 Å². The summed E-state index contributed by atoms with van der Waals surface area (Å²) in [5, 5.41) is 1.26. The van der Waals surface area contributed by atoms with Crippen molar-refractivity contribution in [2.24, 2.45) is 0 Å². The van der Waals surface area contributed by atoms with Crippen LogP contribution in [0.15, 0.2) is 23.0 Å². The molecule has 0 amide bonds. The first-order valence-electron chi connectivity index (χ1n) is 5.89. The summed E-state index contributed by atoms with van der Waals surface area (Å²) < 4.78 is 14.0. The minimum atomic E-state index is -0.381. The molecule has 1 N–H and O–H groups in total. The average Bonchev–Trinajstić information content (AvgIpc) is 2.23. The van der Waals surface area contributed by atoms with Crippen molar-refractivity contribution < 1.29 is 32.9 Å². The SMILES string of the molecule is Cc1[nH]c(=O)c2cc(F)ccc2c1C[N+](C)(C)C.[I-]. The van der Waals surface area contributed by atoms with Gasteiger partial charge in [0.1, 0.15) is 12.4 Å². The van der Waals surface area contributed by atoms with Crippen LogP contribution in [0.25, 0.3) is 10.8 Å². The summed E-state index contributed by atoms with van der Waals surface area (Å²) >= 11 is 0. The summed E-state index contributed by atoms with van der Waals surface area (Å²) in [6.45, 7) is 2.67. The monoisotopic (exact) mass is 376 g/mol. The second-order valence-corrected chi connectivity index (χ2v) is 5.70. The average molecular weight is 376 g/mol. The van der Waals surface area contributed by atoms with Crippen molar-refractivity contribution in [2.75, 3.05) is 21.1 Å². The van der Waals surface area contributed by atoms with Gasteiger partial charge in [-0.3, -0.25) is 4.79 Å². The topological polar surface area (TPSA) is 32.9 Å². The molecule has 1 heterocycles. The number of aryl methyl sites for hydroxylation is 1. The van der Waals surface area contributed by atoms with Gasteiger partial charge in [0.25, 0.3) is 5.56 Å². The number of quaternary nitrogens is 1. The van der Waals surface area contributed by atoms with Crippen LogP contribution in [0.1, 0.15) is 11.3 Å². The van der Waals surface area contributed by atoms with Crippen molar-refractivity contribution in [2.45, 2.75) is 13.5 Å². The molecule has 0 atom stereocenters. The molecule has 19 heavy (non-hydrogen) atoms. The maximum atomic E-state index is 13.2. The Hall–Kier alpha value is -0.950. The Morgan fingerprint density at radius 1 is 1.21 bits per heavy atom. The van der Waals surface area contributed by atoms with Gasteiger partial charge in [-0.2, -0.15) is 0 Å². The van der Waals surface area contributed by atoms with Gasteiger partial charge < -0.3 is 33.4 Å². The highest BCUT2D eigenvalue weighted by Gasteiger charge is 2.16. The molecule has 0 fully saturated rings. The number of rotatable bonds is 2. The molecule has 3 nitrogen and oxygen atoms in total. The van der Waals surface area contributed by atoms with Gasteiger partial charge in [0.2, 0.25) is 0 Å². The van der Waals surface area contributed by atoms with Crippen molar-refractivity contribution in [3.8, 4) is 0 Å². The predicted molar refractivity (Wildman–Crippen MR) is 71.0 cm³/mol. The standard InChI is InChI=1S/C14H17FN2O.HI/c1-9-13(8-17(2,3)4)11-6-5-10(15)7-12(11)14(18)16-9;/h5-7H,8H2,1-4H3;1H. The van der Waals surface area contributed by atoms with Crippen molar-refractivity contribution in [1.82, 2.24) is 4.98 Å². The fourth-order valence-electron chi connectivity index (χ4n) is 2.16. The number of fused-ring (bicyclic) bond motifs is 1. The van der Waals surface area contributed by atoms with Gasteiger partial charge in [0.05, 0.1) is 26.5 Å². The lowest BCUT2D eigenvalue weighted by atomic mass is 10.0. The summed E-state index contributed by atoms with van der Waals surface area (Å²) in [5.41, 5.74) is 1.69. The number of nitrogens with zero attached hydrogens (tertiary/aromatic N) is 1. The zero-order valence-corrected chi connectivity index (χ0v) is 13.7. The molecule has 5 heteroatoms. The minimum absolute atomic E-state index is 0. The number of H-pyrrole nitrogens is 1. The number of nitrogens with one attached hydrogen (secondary N) is 1. The molecular weight excluding hydrogens is 358 g/mol. The van der Waals surface area contributed by atoms with E-state index in [0.29, 0.717) is 5.39 Å². The molecular formula is C14H18FIN2O. The molecule has 104 valence electrons. The maximum absolute atomic E-state index is 13.2. The van der Waals surface area contributed by atoms with E-state index in [1.54, 1.807) is 6.07 Å². The molecule has 0 aliphatic rings. The highest BCUT2D eigenvalue weighted by Crippen LogP contribution is 2.21. The lowest BCUT2D eigenvalue weighted by Gasteiger charge is -2.25. The van der Waals surface area contributed by atoms with Crippen LogP contribution < -0.4 is 29.5 Å². The molecule has 0 radical (unpaired) electrons. The fourth-order valence-corrected chi connectivity index (χ4v) is 2.16. The molecule has 0 aliphatic heterocycles. The van der Waals surface area contributed by atoms with E-state index in [4.69, 9.17) is 0 Å². The third-order valence-electron chi connectivity index (χ3n) is 2.94. The van der Waals surface area contributed by atoms with E-state index in [2.05, 4.69) is 26.1 Å². The van der Waals surface area contributed by atoms with Gasteiger partial charge in [-0.25, -0.2) is 4.39 Å². The Balaban J connectivity index is 0.00000180. The third-order valence-corrected chi connectivity index (χ3v) is 2.94. The smallest absolute Gasteiger partial charge is 0.256 e. The summed E-state index contributed by atoms with van der Waals surface area (Å²) in [5.74, 6) is -0.381. The summed E-state index contributed by atoms with van der Waals surface area (Å²) in [7, 11) is 6.25. The van der Waals surface area contributed by atoms with Crippen LogP contribution in [0.5, 0.6) is 0 Å². The fraction of sp³-hybridized carbons (Fsp3) is 0.357. The zero-order valence-electron chi connectivity index (χ0n) is 11.6. The summed E-state index contributed by atoms with van der Waals surface area (Å²) in [4.78, 5) is 14.6. The van der Waals surface area contributed by atoms with Gasteiger partial charge >= 0.3 is 0 Å². The first kappa shape index (κ1) is 16.1. The second-order valence-electron chi connectivity index (χ2n) is 5.70. The van der Waals surface area contributed by atoms with Crippen LogP contribution >= 0.6 is 0 Å². The molecule has 0 unspecified atom stereocenters. The van der Waals surface area contributed by atoms with Crippen LogP contribution in [0, 0.1) is 12.7 Å². The summed E-state index contributed by atoms with van der Waals surface area (Å²) in [6.07, 6.45) is 0. The first-order chi connectivity index (χ1) is 8.28. The largest absolute Gasteiger partial charge is 1.00 e. The van der Waals surface area contributed by atoms with Crippen molar-refractivity contribution in [3.63, 3.8) is 0 Å². The van der Waals surface area contributed by atoms with E-state index in [1.165, 1.54) is 12.1 Å². The van der Waals surface area contributed by atoms with Crippen LogP contribution in [0.2, 0.25) is 0 Å². The summed E-state index contributed by atoms with van der Waals surface area (Å²) in [6, 6.07) is 4.39. The lowest BCUT2D eigenvalue weighted by Crippen LogP contribution is -3.00. The van der Waals surface area contributed by atoms with E-state index in [1.807, 2.05) is 6.92 Å². The van der Waals surface area contributed by atoms with Gasteiger partial charge in [0, 0.05) is 11.3 Å². The number of hydrogen-bond donors (Lipinski definition) is 1. The Labute approximate surface area is 129 Å². The molecule has 1 aromatic carbocycles. The van der Waals surface area contributed by atoms with Crippen molar-refractivity contribution in [3.05, 3.63) is 45.6 Å². The molecule has 0 spiro atoms. The number of pyridine rings is 1. The Kier molecular flexibility index (Phi) is 4.73. The Morgan fingerprint density at radius 3 is 2.42 bits per heavy atom. The van der Waals surface area contributed by atoms with Gasteiger partial charge in [0.15, 0.2) is 0 Å². The van der Waals surface area contributed by atoms with Crippen LogP contribution in [-0.4, -0.2) is 30.6 Å². The van der Waals surface area contributed by atoms with Crippen LogP contribution in [0.3, 0.4) is 0 Å².